The minimum Gasteiger partial charge on any atom is -0.355 e. The van der Waals surface area contributed by atoms with Crippen LogP contribution in [0.25, 0.3) is 5.65 Å². The van der Waals surface area contributed by atoms with E-state index in [1.54, 1.807) is 12.1 Å². The number of hydrogen-bond donors (Lipinski definition) is 0. The van der Waals surface area contributed by atoms with E-state index < -0.39 is 12.0 Å². The van der Waals surface area contributed by atoms with Crippen LogP contribution in [0.15, 0.2) is 12.1 Å². The summed E-state index contributed by atoms with van der Waals surface area (Å²) in [5.74, 6) is -0.503. The smallest absolute Gasteiger partial charge is 0.355 e. The van der Waals surface area contributed by atoms with Gasteiger partial charge in [-0.2, -0.15) is 17.7 Å². The van der Waals surface area contributed by atoms with Gasteiger partial charge in [-0.25, -0.2) is 0 Å². The summed E-state index contributed by atoms with van der Waals surface area (Å²) in [5, 5.41) is 10.8. The minimum absolute atomic E-state index is 0.115. The second kappa shape index (κ2) is 4.08. The van der Waals surface area contributed by atoms with E-state index >= 15 is 0 Å². The van der Waals surface area contributed by atoms with E-state index in [1.807, 2.05) is 0 Å². The van der Waals surface area contributed by atoms with Crippen molar-refractivity contribution in [3.8, 4) is 0 Å². The first kappa shape index (κ1) is 12.8. The quantitative estimate of drug-likeness (QED) is 0.811. The van der Waals surface area contributed by atoms with Gasteiger partial charge in [-0.05, 0) is 43.2 Å². The highest BCUT2D eigenvalue weighted by Gasteiger charge is 2.45. The number of anilines is 1. The van der Waals surface area contributed by atoms with E-state index in [-0.39, 0.29) is 5.65 Å². The van der Waals surface area contributed by atoms with Gasteiger partial charge in [-0.1, -0.05) is 0 Å². The normalized spacial score (nSPS) is 21.2. The van der Waals surface area contributed by atoms with Crippen LogP contribution in [0.5, 0.6) is 0 Å². The first-order chi connectivity index (χ1) is 9.97. The monoisotopic (exact) mass is 297 g/mol. The minimum atomic E-state index is -4.55. The summed E-state index contributed by atoms with van der Waals surface area (Å²) in [6.07, 6.45) is 0.156. The molecule has 0 amide bonds. The molecule has 112 valence electrons. The van der Waals surface area contributed by atoms with Crippen molar-refractivity contribution in [2.24, 2.45) is 5.41 Å². The number of piperidine rings is 1. The van der Waals surface area contributed by atoms with Crippen LogP contribution in [-0.2, 0) is 6.18 Å². The Morgan fingerprint density at radius 3 is 2.62 bits per heavy atom. The van der Waals surface area contributed by atoms with Gasteiger partial charge in [0.1, 0.15) is 5.82 Å². The SMILES string of the molecule is FC(F)(F)c1nnc2ccc(N3CCCC4(CC4)C3)nn12. The molecular weight excluding hydrogens is 283 g/mol. The summed E-state index contributed by atoms with van der Waals surface area (Å²) in [4.78, 5) is 2.08. The molecule has 1 saturated carbocycles. The molecule has 1 saturated heterocycles. The average Bonchev–Trinajstić information content (AvgIpc) is 3.03. The maximum absolute atomic E-state index is 12.9. The standard InChI is InChI=1S/C13H14F3N5/c14-13(15,16)11-18-17-9-2-3-10(19-21(9)11)20-7-1-4-12(8-20)5-6-12/h2-3H,1,4-8H2. The number of aromatic nitrogens is 4. The zero-order valence-electron chi connectivity index (χ0n) is 11.3. The van der Waals surface area contributed by atoms with Crippen molar-refractivity contribution in [1.29, 1.82) is 0 Å². The lowest BCUT2D eigenvalue weighted by Crippen LogP contribution is -2.37. The van der Waals surface area contributed by atoms with E-state index in [0.717, 1.165) is 24.0 Å². The molecular formula is C13H14F3N5. The molecule has 0 N–H and O–H groups in total. The van der Waals surface area contributed by atoms with Crippen LogP contribution in [0.4, 0.5) is 19.0 Å². The van der Waals surface area contributed by atoms with Crippen molar-refractivity contribution in [3.05, 3.63) is 18.0 Å². The molecule has 21 heavy (non-hydrogen) atoms. The van der Waals surface area contributed by atoms with Crippen molar-refractivity contribution in [3.63, 3.8) is 0 Å². The zero-order chi connectivity index (χ0) is 14.7. The van der Waals surface area contributed by atoms with Gasteiger partial charge in [-0.15, -0.1) is 15.3 Å². The number of hydrogen-bond acceptors (Lipinski definition) is 4. The molecule has 2 aromatic rings. The lowest BCUT2D eigenvalue weighted by Gasteiger charge is -2.33. The maximum Gasteiger partial charge on any atom is 0.453 e. The van der Waals surface area contributed by atoms with E-state index in [2.05, 4.69) is 20.2 Å². The third kappa shape index (κ3) is 2.13. The Morgan fingerprint density at radius 1 is 1.10 bits per heavy atom. The Labute approximate surface area is 118 Å². The molecule has 0 aromatic carbocycles. The fraction of sp³-hybridized carbons (Fsp3) is 0.615. The van der Waals surface area contributed by atoms with Crippen molar-refractivity contribution in [2.75, 3.05) is 18.0 Å². The Morgan fingerprint density at radius 2 is 1.90 bits per heavy atom. The number of halogens is 3. The molecule has 0 atom stereocenters. The zero-order valence-corrected chi connectivity index (χ0v) is 11.3. The van der Waals surface area contributed by atoms with Crippen LogP contribution in [0.2, 0.25) is 0 Å². The largest absolute Gasteiger partial charge is 0.453 e. The van der Waals surface area contributed by atoms with Crippen molar-refractivity contribution < 1.29 is 13.2 Å². The molecule has 1 aliphatic heterocycles. The summed E-state index contributed by atoms with van der Waals surface area (Å²) in [5.41, 5.74) is 0.499. The second-order valence-corrected chi connectivity index (χ2v) is 6.01. The third-order valence-electron chi connectivity index (χ3n) is 4.44. The van der Waals surface area contributed by atoms with Gasteiger partial charge in [0, 0.05) is 13.1 Å². The second-order valence-electron chi connectivity index (χ2n) is 6.01. The van der Waals surface area contributed by atoms with E-state index in [0.29, 0.717) is 11.2 Å². The van der Waals surface area contributed by atoms with Crippen LogP contribution in [-0.4, -0.2) is 32.9 Å². The van der Waals surface area contributed by atoms with Gasteiger partial charge in [0.05, 0.1) is 0 Å². The van der Waals surface area contributed by atoms with E-state index in [1.165, 1.54) is 19.3 Å². The summed E-state index contributed by atoms with van der Waals surface area (Å²) < 4.78 is 39.4. The molecule has 4 rings (SSSR count). The fourth-order valence-electron chi connectivity index (χ4n) is 3.11. The van der Waals surface area contributed by atoms with Gasteiger partial charge >= 0.3 is 6.18 Å². The Bertz CT molecular complexity index is 689. The summed E-state index contributed by atoms with van der Waals surface area (Å²) in [7, 11) is 0. The molecule has 1 aliphatic carbocycles. The van der Waals surface area contributed by atoms with Crippen molar-refractivity contribution in [1.82, 2.24) is 19.8 Å². The first-order valence-electron chi connectivity index (χ1n) is 7.02. The highest BCUT2D eigenvalue weighted by molar-refractivity contribution is 5.46. The van der Waals surface area contributed by atoms with Crippen molar-refractivity contribution in [2.45, 2.75) is 31.9 Å². The molecule has 8 heteroatoms. The van der Waals surface area contributed by atoms with Gasteiger partial charge < -0.3 is 4.90 Å². The lowest BCUT2D eigenvalue weighted by atomic mass is 9.95. The van der Waals surface area contributed by atoms with Gasteiger partial charge in [0.15, 0.2) is 5.65 Å². The molecule has 0 radical (unpaired) electrons. The van der Waals surface area contributed by atoms with E-state index in [4.69, 9.17) is 0 Å². The molecule has 2 aromatic heterocycles. The molecule has 2 fully saturated rings. The maximum atomic E-state index is 12.9. The molecule has 5 nitrogen and oxygen atoms in total. The van der Waals surface area contributed by atoms with Gasteiger partial charge in [0.25, 0.3) is 5.82 Å². The molecule has 1 spiro atoms. The lowest BCUT2D eigenvalue weighted by molar-refractivity contribution is -0.146. The van der Waals surface area contributed by atoms with E-state index in [9.17, 15) is 13.2 Å². The summed E-state index contributed by atoms with van der Waals surface area (Å²) >= 11 is 0. The van der Waals surface area contributed by atoms with Gasteiger partial charge in [0.2, 0.25) is 0 Å². The highest BCUT2D eigenvalue weighted by atomic mass is 19.4. The fourth-order valence-corrected chi connectivity index (χ4v) is 3.11. The third-order valence-corrected chi connectivity index (χ3v) is 4.44. The number of alkyl halides is 3. The summed E-state index contributed by atoms with van der Waals surface area (Å²) in [6.45, 7) is 1.72. The Kier molecular flexibility index (Phi) is 2.50. The number of rotatable bonds is 1. The summed E-state index contributed by atoms with van der Waals surface area (Å²) in [6, 6.07) is 3.27. The average molecular weight is 297 g/mol. The predicted molar refractivity (Wildman–Crippen MR) is 68.9 cm³/mol. The van der Waals surface area contributed by atoms with Crippen LogP contribution in [0.1, 0.15) is 31.5 Å². The Balaban J connectivity index is 1.72. The molecule has 2 aliphatic rings. The topological polar surface area (TPSA) is 46.3 Å². The Hall–Kier alpha value is -1.86. The molecule has 0 bridgehead atoms. The van der Waals surface area contributed by atoms with Crippen molar-refractivity contribution >= 4 is 11.5 Å². The van der Waals surface area contributed by atoms with Crippen LogP contribution < -0.4 is 4.90 Å². The molecule has 3 heterocycles. The molecule has 0 unspecified atom stereocenters. The van der Waals surface area contributed by atoms with Crippen LogP contribution in [0, 0.1) is 5.41 Å². The van der Waals surface area contributed by atoms with Crippen LogP contribution in [0.3, 0.4) is 0 Å². The van der Waals surface area contributed by atoms with Crippen LogP contribution >= 0.6 is 0 Å². The first-order valence-corrected chi connectivity index (χ1v) is 7.02. The van der Waals surface area contributed by atoms with Gasteiger partial charge in [-0.3, -0.25) is 0 Å². The number of fused-ring (bicyclic) bond motifs is 1. The number of nitrogens with zero attached hydrogens (tertiary/aromatic N) is 5. The predicted octanol–water partition coefficient (Wildman–Crippen LogP) is 2.52. The highest BCUT2D eigenvalue weighted by Crippen LogP contribution is 2.52.